The van der Waals surface area contributed by atoms with Crippen LogP contribution in [-0.2, 0) is 16.1 Å². The van der Waals surface area contributed by atoms with Gasteiger partial charge in [-0.1, -0.05) is 48.5 Å². The van der Waals surface area contributed by atoms with Crippen LogP contribution in [0.15, 0.2) is 61.1 Å². The smallest absolute Gasteiger partial charge is 0.407 e. The maximum Gasteiger partial charge on any atom is 0.407 e. The van der Waals surface area contributed by atoms with Crippen molar-refractivity contribution in [1.82, 2.24) is 20.2 Å². The molecule has 0 spiro atoms. The summed E-state index contributed by atoms with van der Waals surface area (Å²) >= 11 is 0. The summed E-state index contributed by atoms with van der Waals surface area (Å²) in [5.41, 5.74) is 4.65. The molecule has 10 nitrogen and oxygen atoms in total. The summed E-state index contributed by atoms with van der Waals surface area (Å²) in [4.78, 5) is 38.7. The lowest BCUT2D eigenvalue weighted by atomic mass is 9.98. The van der Waals surface area contributed by atoms with E-state index in [1.165, 1.54) is 12.5 Å². The summed E-state index contributed by atoms with van der Waals surface area (Å²) in [6.07, 6.45) is 0.652. The highest BCUT2D eigenvalue weighted by Crippen LogP contribution is 2.44. The Hall–Kier alpha value is -4.18. The van der Waals surface area contributed by atoms with Gasteiger partial charge < -0.3 is 30.2 Å². The molecule has 4 rings (SSSR count). The molecule has 0 radical (unpaired) electrons. The lowest BCUT2D eigenvalue weighted by Gasteiger charge is -2.14. The minimum Gasteiger partial charge on any atom is -0.479 e. The van der Waals surface area contributed by atoms with Crippen LogP contribution in [-0.4, -0.2) is 63.5 Å². The highest BCUT2D eigenvalue weighted by molar-refractivity contribution is 5.92. The third-order valence-corrected chi connectivity index (χ3v) is 5.59. The quantitative estimate of drug-likeness (QED) is 0.377. The molecule has 1 aliphatic rings. The van der Waals surface area contributed by atoms with Gasteiger partial charge in [0.25, 0.3) is 5.91 Å². The van der Waals surface area contributed by atoms with Crippen molar-refractivity contribution in [2.75, 3.05) is 19.7 Å². The number of aliphatic hydroxyl groups is 1. The molecule has 2 aromatic carbocycles. The standard InChI is InChI=1S/C24H24N4O6/c29-21(23(31)32)11-26-22(30)20-12-28(14-27-20)10-9-25-24(33)34-13-19-17-7-3-1-5-15(17)16-6-2-4-8-18(16)19/h1-8,12,14,19,21,29H,9-11,13H2,(H,25,33)(H,26,30)(H,31,32)/t21-/m0/s1. The fourth-order valence-electron chi connectivity index (χ4n) is 3.90. The van der Waals surface area contributed by atoms with Crippen LogP contribution in [0.2, 0.25) is 0 Å². The van der Waals surface area contributed by atoms with E-state index in [9.17, 15) is 19.5 Å². The monoisotopic (exact) mass is 464 g/mol. The Morgan fingerprint density at radius 2 is 1.68 bits per heavy atom. The average Bonchev–Trinajstić information content (AvgIpc) is 3.44. The third-order valence-electron chi connectivity index (χ3n) is 5.59. The number of aliphatic carboxylic acids is 1. The number of hydrogen-bond acceptors (Lipinski definition) is 6. The highest BCUT2D eigenvalue weighted by Gasteiger charge is 2.28. The van der Waals surface area contributed by atoms with Gasteiger partial charge >= 0.3 is 12.1 Å². The lowest BCUT2D eigenvalue weighted by molar-refractivity contribution is -0.146. The van der Waals surface area contributed by atoms with E-state index in [0.29, 0.717) is 6.54 Å². The lowest BCUT2D eigenvalue weighted by Crippen LogP contribution is -2.36. The molecule has 0 bridgehead atoms. The number of hydrogen-bond donors (Lipinski definition) is 4. The third kappa shape index (κ3) is 5.07. The van der Waals surface area contributed by atoms with E-state index in [4.69, 9.17) is 9.84 Å². The minimum atomic E-state index is -1.69. The number of fused-ring (bicyclic) bond motifs is 3. The van der Waals surface area contributed by atoms with Crippen molar-refractivity contribution in [3.05, 3.63) is 77.9 Å². The summed E-state index contributed by atoms with van der Waals surface area (Å²) in [6.45, 7) is 0.399. The summed E-state index contributed by atoms with van der Waals surface area (Å²) in [7, 11) is 0. The van der Waals surface area contributed by atoms with Crippen LogP contribution in [0.4, 0.5) is 4.79 Å². The summed E-state index contributed by atoms with van der Waals surface area (Å²) in [5.74, 6) is -2.05. The van der Waals surface area contributed by atoms with E-state index < -0.39 is 30.6 Å². The zero-order valence-electron chi connectivity index (χ0n) is 18.2. The number of carboxylic acids is 1. The van der Waals surface area contributed by atoms with Crippen LogP contribution in [0.3, 0.4) is 0 Å². The minimum absolute atomic E-state index is 0.0208. The van der Waals surface area contributed by atoms with Crippen LogP contribution >= 0.6 is 0 Å². The Kier molecular flexibility index (Phi) is 6.88. The molecule has 3 aromatic rings. The number of nitrogens with zero attached hydrogens (tertiary/aromatic N) is 2. The number of ether oxygens (including phenoxy) is 1. The van der Waals surface area contributed by atoms with Gasteiger partial charge in [-0.15, -0.1) is 0 Å². The fourth-order valence-corrected chi connectivity index (χ4v) is 3.90. The Morgan fingerprint density at radius 3 is 2.32 bits per heavy atom. The Bertz CT molecular complexity index is 1160. The normalized spacial score (nSPS) is 13.0. The molecule has 1 aliphatic carbocycles. The number of rotatable bonds is 9. The number of benzene rings is 2. The van der Waals surface area contributed by atoms with Crippen molar-refractivity contribution in [1.29, 1.82) is 0 Å². The van der Waals surface area contributed by atoms with Crippen molar-refractivity contribution in [2.45, 2.75) is 18.6 Å². The predicted octanol–water partition coefficient (Wildman–Crippen LogP) is 1.60. The van der Waals surface area contributed by atoms with Gasteiger partial charge in [0.05, 0.1) is 12.9 Å². The maximum absolute atomic E-state index is 12.2. The van der Waals surface area contributed by atoms with E-state index in [1.807, 2.05) is 24.3 Å². The second-order valence-electron chi connectivity index (χ2n) is 7.81. The number of aliphatic hydroxyl groups excluding tert-OH is 1. The van der Waals surface area contributed by atoms with Crippen LogP contribution in [0.1, 0.15) is 27.5 Å². The molecule has 0 saturated heterocycles. The Morgan fingerprint density at radius 1 is 1.03 bits per heavy atom. The second-order valence-corrected chi connectivity index (χ2v) is 7.81. The van der Waals surface area contributed by atoms with Gasteiger partial charge in [0, 0.05) is 25.2 Å². The second kappa shape index (κ2) is 10.2. The van der Waals surface area contributed by atoms with Crippen LogP contribution in [0.25, 0.3) is 11.1 Å². The van der Waals surface area contributed by atoms with Gasteiger partial charge in [-0.25, -0.2) is 14.6 Å². The van der Waals surface area contributed by atoms with E-state index >= 15 is 0 Å². The average molecular weight is 464 g/mol. The SMILES string of the molecule is O=C(NCCn1cnc(C(=O)NC[C@H](O)C(=O)O)c1)OCC1c2ccccc2-c2ccccc21. The van der Waals surface area contributed by atoms with E-state index in [1.54, 1.807) is 4.57 Å². The first-order valence-electron chi connectivity index (χ1n) is 10.7. The van der Waals surface area contributed by atoms with Gasteiger partial charge in [-0.3, -0.25) is 4.79 Å². The van der Waals surface area contributed by atoms with E-state index in [-0.39, 0.29) is 24.8 Å². The van der Waals surface area contributed by atoms with E-state index in [0.717, 1.165) is 22.3 Å². The predicted molar refractivity (Wildman–Crippen MR) is 121 cm³/mol. The van der Waals surface area contributed by atoms with Gasteiger partial charge in [0.1, 0.15) is 12.3 Å². The molecule has 34 heavy (non-hydrogen) atoms. The van der Waals surface area contributed by atoms with Gasteiger partial charge in [-0.2, -0.15) is 0 Å². The molecule has 0 fully saturated rings. The van der Waals surface area contributed by atoms with E-state index in [2.05, 4.69) is 39.9 Å². The molecule has 10 heteroatoms. The highest BCUT2D eigenvalue weighted by atomic mass is 16.5. The molecule has 0 aliphatic heterocycles. The summed E-state index contributed by atoms with van der Waals surface area (Å²) in [6, 6.07) is 16.2. The first-order valence-corrected chi connectivity index (χ1v) is 10.7. The number of aromatic nitrogens is 2. The number of alkyl carbamates (subject to hydrolysis) is 1. The Labute approximate surface area is 195 Å². The van der Waals surface area contributed by atoms with Crippen molar-refractivity contribution < 1.29 is 29.3 Å². The number of carboxylic acid groups (broad SMARTS) is 1. The Balaban J connectivity index is 1.24. The molecule has 1 heterocycles. The molecule has 1 aromatic heterocycles. The number of carbonyl (C=O) groups excluding carboxylic acids is 2. The van der Waals surface area contributed by atoms with Crippen molar-refractivity contribution in [3.8, 4) is 11.1 Å². The van der Waals surface area contributed by atoms with Crippen molar-refractivity contribution in [3.63, 3.8) is 0 Å². The molecular formula is C24H24N4O6. The van der Waals surface area contributed by atoms with Crippen LogP contribution in [0.5, 0.6) is 0 Å². The zero-order chi connectivity index (χ0) is 24.1. The fraction of sp³-hybridized carbons (Fsp3) is 0.250. The topological polar surface area (TPSA) is 143 Å². The first-order chi connectivity index (χ1) is 16.4. The van der Waals surface area contributed by atoms with Gasteiger partial charge in [0.2, 0.25) is 0 Å². The maximum atomic E-state index is 12.2. The molecule has 0 unspecified atom stereocenters. The summed E-state index contributed by atoms with van der Waals surface area (Å²) < 4.78 is 7.09. The molecule has 1 atom stereocenters. The molecule has 176 valence electrons. The zero-order valence-corrected chi connectivity index (χ0v) is 18.2. The number of carbonyl (C=O) groups is 3. The summed E-state index contributed by atoms with van der Waals surface area (Å²) in [5, 5.41) is 22.8. The number of imidazole rings is 1. The van der Waals surface area contributed by atoms with Crippen LogP contribution in [0, 0.1) is 0 Å². The number of nitrogens with one attached hydrogen (secondary N) is 2. The molecular weight excluding hydrogens is 440 g/mol. The molecule has 0 saturated carbocycles. The van der Waals surface area contributed by atoms with Gasteiger partial charge in [0.15, 0.2) is 6.10 Å². The largest absolute Gasteiger partial charge is 0.479 e. The van der Waals surface area contributed by atoms with Crippen molar-refractivity contribution >= 4 is 18.0 Å². The molecule has 2 amide bonds. The number of amides is 2. The van der Waals surface area contributed by atoms with Gasteiger partial charge in [-0.05, 0) is 22.3 Å². The molecule has 4 N–H and O–H groups in total. The first kappa shape index (κ1) is 23.0. The van der Waals surface area contributed by atoms with Crippen molar-refractivity contribution in [2.24, 2.45) is 0 Å². The van der Waals surface area contributed by atoms with Crippen LogP contribution < -0.4 is 10.6 Å².